The van der Waals surface area contributed by atoms with Crippen molar-refractivity contribution in [2.75, 3.05) is 30.8 Å². The van der Waals surface area contributed by atoms with Gasteiger partial charge >= 0.3 is 5.97 Å². The van der Waals surface area contributed by atoms with Gasteiger partial charge in [0, 0.05) is 48.5 Å². The highest BCUT2D eigenvalue weighted by molar-refractivity contribution is 6.13. The molecular formula is C56H88N4O5. The number of amides is 1. The van der Waals surface area contributed by atoms with Crippen LogP contribution in [0.25, 0.3) is 17.4 Å². The molecule has 362 valence electrons. The molecule has 3 unspecified atom stereocenters. The maximum atomic E-state index is 14.4. The smallest absolute Gasteiger partial charge is 0.343 e. The van der Waals surface area contributed by atoms with Gasteiger partial charge in [-0.25, -0.2) is 4.79 Å². The van der Waals surface area contributed by atoms with E-state index in [0.29, 0.717) is 63.4 Å². The third-order valence-electron chi connectivity index (χ3n) is 13.2. The highest BCUT2D eigenvalue weighted by Crippen LogP contribution is 2.38. The van der Waals surface area contributed by atoms with Gasteiger partial charge in [-0.1, -0.05) is 113 Å². The van der Waals surface area contributed by atoms with Gasteiger partial charge in [0.1, 0.15) is 11.9 Å². The van der Waals surface area contributed by atoms with Gasteiger partial charge in [0.15, 0.2) is 0 Å². The molecule has 0 aliphatic carbocycles. The largest absolute Gasteiger partial charge is 0.516 e. The Balaban J connectivity index is 0.00000133. The van der Waals surface area contributed by atoms with Crippen LogP contribution in [0.4, 0.5) is 11.4 Å². The summed E-state index contributed by atoms with van der Waals surface area (Å²) in [5.41, 5.74) is 6.18. The topological polar surface area (TPSA) is 120 Å². The number of cyclic esters (lactones) is 1. The van der Waals surface area contributed by atoms with Gasteiger partial charge in [0.25, 0.3) is 5.91 Å². The number of aliphatic hydroxyl groups is 1. The van der Waals surface area contributed by atoms with E-state index >= 15 is 0 Å². The maximum absolute atomic E-state index is 14.4. The highest BCUT2D eigenvalue weighted by Gasteiger charge is 2.40. The molecule has 2 aromatic carbocycles. The molecule has 3 aliphatic heterocycles. The molecular weight excluding hydrogens is 809 g/mol. The molecule has 0 radical (unpaired) electrons. The summed E-state index contributed by atoms with van der Waals surface area (Å²) in [5.74, 6) is 2.06. The number of esters is 1. The third-order valence-corrected chi connectivity index (χ3v) is 13.2. The van der Waals surface area contributed by atoms with Crippen LogP contribution < -0.4 is 21.2 Å². The van der Waals surface area contributed by atoms with Gasteiger partial charge in [0.2, 0.25) is 0 Å². The van der Waals surface area contributed by atoms with E-state index in [4.69, 9.17) is 14.8 Å². The Kier molecular flexibility index (Phi) is 26.0. The molecule has 2 bridgehead atoms. The van der Waals surface area contributed by atoms with E-state index in [-0.39, 0.29) is 11.9 Å². The van der Waals surface area contributed by atoms with Crippen molar-refractivity contribution in [3.63, 3.8) is 0 Å². The highest BCUT2D eigenvalue weighted by atomic mass is 16.5. The Morgan fingerprint density at radius 2 is 1.58 bits per heavy atom. The number of rotatable bonds is 5. The molecule has 65 heavy (non-hydrogen) atoms. The number of nitrogens with zero attached hydrogens (tertiary/aromatic N) is 2. The number of carbonyl (C=O) groups is 3. The van der Waals surface area contributed by atoms with Crippen molar-refractivity contribution in [3.8, 4) is 0 Å². The van der Waals surface area contributed by atoms with E-state index in [1.165, 1.54) is 0 Å². The predicted octanol–water partition coefficient (Wildman–Crippen LogP) is 13.0. The summed E-state index contributed by atoms with van der Waals surface area (Å²) in [6.45, 7) is 42.7. The Bertz CT molecular complexity index is 2110. The lowest BCUT2D eigenvalue weighted by atomic mass is 9.74. The van der Waals surface area contributed by atoms with E-state index in [1.807, 2.05) is 59.8 Å². The maximum Gasteiger partial charge on any atom is 0.343 e. The first-order valence-electron chi connectivity index (χ1n) is 24.4. The van der Waals surface area contributed by atoms with E-state index in [0.717, 1.165) is 116 Å². The van der Waals surface area contributed by atoms with E-state index in [1.54, 1.807) is 6.26 Å². The predicted molar refractivity (Wildman–Crippen MR) is 278 cm³/mol. The summed E-state index contributed by atoms with van der Waals surface area (Å²) < 4.78 is 6.00. The molecule has 1 spiro atoms. The number of allylic oxidation sites excluding steroid dienone is 5. The summed E-state index contributed by atoms with van der Waals surface area (Å²) >= 11 is 0. The summed E-state index contributed by atoms with van der Waals surface area (Å²) in [6.07, 6.45) is 19.1. The molecule has 3 N–H and O–H groups in total. The van der Waals surface area contributed by atoms with Crippen molar-refractivity contribution in [2.24, 2.45) is 34.6 Å². The fourth-order valence-electron chi connectivity index (χ4n) is 8.81. The second-order valence-corrected chi connectivity index (χ2v) is 18.0. The number of anilines is 2. The molecule has 5 atom stereocenters. The number of nitrogens with one attached hydrogen (secondary N) is 2. The van der Waals surface area contributed by atoms with Crippen LogP contribution in [0.1, 0.15) is 161 Å². The molecule has 0 aromatic heterocycles. The molecule has 9 nitrogen and oxygen atoms in total. The SMILES string of the molecule is C=C(C)CCC=O.C=CO.C=c1c2c3c(c4c(c(CCC)c(C)c(C)c14)C(=O)O/C=C/CCC(C)[C@H](C)C(C)[C@H](C)CC(C)/C=C/C=C(/C)C(=O)N2)=NC1(CCN(C)CC1)N3.CC.CC. The number of aliphatic hydroxyl groups excluding tert-OH is 1. The van der Waals surface area contributed by atoms with Crippen LogP contribution in [0.5, 0.6) is 0 Å². The molecule has 1 saturated heterocycles. The van der Waals surface area contributed by atoms with Crippen LogP contribution in [0.15, 0.2) is 66.1 Å². The average Bonchev–Trinajstić information content (AvgIpc) is 3.66. The molecule has 3 heterocycles. The number of ether oxygens (including phenoxy) is 1. The number of hydrogen-bond acceptors (Lipinski definition) is 8. The van der Waals surface area contributed by atoms with Crippen molar-refractivity contribution in [1.29, 1.82) is 0 Å². The fraction of sp³-hybridized carbons (Fsp3) is 0.571. The Morgan fingerprint density at radius 1 is 0.985 bits per heavy atom. The van der Waals surface area contributed by atoms with Crippen LogP contribution in [-0.4, -0.2) is 54.0 Å². The van der Waals surface area contributed by atoms with Gasteiger partial charge in [-0.05, 0) is 125 Å². The van der Waals surface area contributed by atoms with E-state index in [2.05, 4.69) is 104 Å². The number of benzene rings is 2. The number of carbonyl (C=O) groups excluding carboxylic acids is 3. The van der Waals surface area contributed by atoms with Crippen molar-refractivity contribution < 1.29 is 24.2 Å². The molecule has 3 aliphatic rings. The first kappa shape index (κ1) is 58.3. The van der Waals surface area contributed by atoms with Gasteiger partial charge in [0.05, 0.1) is 34.8 Å². The number of hydrogen-bond donors (Lipinski definition) is 3. The van der Waals surface area contributed by atoms with Gasteiger partial charge < -0.3 is 30.2 Å². The van der Waals surface area contributed by atoms with Crippen LogP contribution in [0.2, 0.25) is 0 Å². The average molecular weight is 897 g/mol. The number of likely N-dealkylation sites (tertiary alicyclic amines) is 1. The molecule has 1 fully saturated rings. The molecule has 2 aromatic rings. The minimum Gasteiger partial charge on any atom is -0.516 e. The second kappa shape index (κ2) is 29.0. The van der Waals surface area contributed by atoms with Crippen LogP contribution >= 0.6 is 0 Å². The summed E-state index contributed by atoms with van der Waals surface area (Å²) in [5, 5.41) is 17.4. The lowest BCUT2D eigenvalue weighted by Crippen LogP contribution is -2.45. The molecule has 0 saturated carbocycles. The minimum atomic E-state index is -0.531. The van der Waals surface area contributed by atoms with Crippen molar-refractivity contribution in [3.05, 3.63) is 94.0 Å². The van der Waals surface area contributed by atoms with Crippen molar-refractivity contribution in [2.45, 2.75) is 160 Å². The summed E-state index contributed by atoms with van der Waals surface area (Å²) in [7, 11) is 2.13. The van der Waals surface area contributed by atoms with Gasteiger partial charge in [-0.3, -0.25) is 9.79 Å². The van der Waals surface area contributed by atoms with E-state index < -0.39 is 5.66 Å². The Morgan fingerprint density at radius 3 is 2.14 bits per heavy atom. The normalized spacial score (nSPS) is 23.8. The zero-order valence-corrected chi connectivity index (χ0v) is 43.3. The summed E-state index contributed by atoms with van der Waals surface area (Å²) in [4.78, 5) is 45.7. The third kappa shape index (κ3) is 16.0. The fourth-order valence-corrected chi connectivity index (χ4v) is 8.81. The second-order valence-electron chi connectivity index (χ2n) is 18.0. The summed E-state index contributed by atoms with van der Waals surface area (Å²) in [6, 6.07) is 0. The quantitative estimate of drug-likeness (QED) is 0.118. The zero-order chi connectivity index (χ0) is 49.6. The van der Waals surface area contributed by atoms with Crippen molar-refractivity contribution >= 4 is 46.9 Å². The number of aldehydes is 1. The lowest BCUT2D eigenvalue weighted by molar-refractivity contribution is -0.112. The van der Waals surface area contributed by atoms with Gasteiger partial charge in [-0.2, -0.15) is 0 Å². The van der Waals surface area contributed by atoms with Crippen LogP contribution in [0, 0.1) is 43.4 Å². The lowest BCUT2D eigenvalue weighted by Gasteiger charge is -2.36. The number of piperidine rings is 1. The first-order chi connectivity index (χ1) is 30.9. The van der Waals surface area contributed by atoms with Crippen LogP contribution in [-0.2, 0) is 20.7 Å². The number of aryl methyl sites for hydroxylation is 1. The monoisotopic (exact) mass is 897 g/mol. The van der Waals surface area contributed by atoms with Crippen LogP contribution in [0.3, 0.4) is 0 Å². The standard InChI is InChI=1S/C44H62N4O3.C6H10O.C2H4O.2C2H6/c1-12-16-35-32(8)33(9)36-34(10)39-41-40(46-44(47-41)20-22-48(11)23-21-44)38(36)37(35)43(50)51-24-14-13-18-27(3)30(6)31(7)29(5)25-26(2)17-15-19-28(4)42(49)45-39;1-6(2)4-3-5-7;1-2-3;2*1-2/h14-15,17,19,24,26-27,29-31,47H,10,12-13,16,18,20-23,25H2,1-9,11H3,(H,45,49);5H,1,3-4H2,2H3;2-3H,1H2;2*1-2H3/b17-15+,24-14+,28-19-;;;;/t26?,27?,29-,30+,31?;;;;/m1..../s1. The van der Waals surface area contributed by atoms with Gasteiger partial charge in [-0.15, -0.1) is 6.58 Å². The molecule has 5 rings (SSSR count). The zero-order valence-electron chi connectivity index (χ0n) is 43.3. The Hall–Kier alpha value is -4.76. The first-order valence-corrected chi connectivity index (χ1v) is 24.4. The molecule has 1 amide bonds. The van der Waals surface area contributed by atoms with E-state index in [9.17, 15) is 14.4 Å². The molecule has 9 heteroatoms. The van der Waals surface area contributed by atoms with Crippen molar-refractivity contribution in [1.82, 2.24) is 4.90 Å². The Labute approximate surface area is 394 Å². The minimum absolute atomic E-state index is 0.185.